The normalized spacial score (nSPS) is 11.8. The molecule has 0 saturated heterocycles. The van der Waals surface area contributed by atoms with Crippen LogP contribution in [0.25, 0.3) is 0 Å². The van der Waals surface area contributed by atoms with E-state index in [-0.39, 0.29) is 6.04 Å². The molecule has 0 aliphatic carbocycles. The summed E-state index contributed by atoms with van der Waals surface area (Å²) in [5.74, 6) is 0. The molecule has 4 heteroatoms. The summed E-state index contributed by atoms with van der Waals surface area (Å²) in [5.41, 5.74) is 4.42. The number of hydrogen-bond donors (Lipinski definition) is 2. The number of aryl methyl sites for hydroxylation is 2. The molecule has 0 aliphatic rings. The molecule has 0 aliphatic heterocycles. The van der Waals surface area contributed by atoms with Crippen molar-refractivity contribution in [2.24, 2.45) is 0 Å². The highest BCUT2D eigenvalue weighted by Crippen LogP contribution is 2.22. The third-order valence-corrected chi connectivity index (χ3v) is 3.92. The Balaban J connectivity index is 2.05. The van der Waals surface area contributed by atoms with E-state index in [1.807, 2.05) is 31.2 Å². The number of benzene rings is 2. The van der Waals surface area contributed by atoms with Gasteiger partial charge in [0.15, 0.2) is 5.11 Å². The van der Waals surface area contributed by atoms with Gasteiger partial charge in [0.25, 0.3) is 0 Å². The first-order valence-corrected chi connectivity index (χ1v) is 7.65. The number of thiocarbonyl (C=S) groups is 1. The van der Waals surface area contributed by atoms with Gasteiger partial charge in [0.1, 0.15) is 0 Å². The van der Waals surface area contributed by atoms with Gasteiger partial charge in [-0.3, -0.25) is 0 Å². The molecular weight excluding hydrogens is 300 g/mol. The summed E-state index contributed by atoms with van der Waals surface area (Å²) in [6.07, 6.45) is 0. The Bertz CT molecular complexity index is 655. The second-order valence-corrected chi connectivity index (χ2v) is 5.98. The van der Waals surface area contributed by atoms with Crippen molar-refractivity contribution in [3.8, 4) is 0 Å². The molecule has 0 fully saturated rings. The van der Waals surface area contributed by atoms with Gasteiger partial charge in [-0.15, -0.1) is 0 Å². The second-order valence-electron chi connectivity index (χ2n) is 5.16. The largest absolute Gasteiger partial charge is 0.356 e. The van der Waals surface area contributed by atoms with Crippen molar-refractivity contribution in [3.05, 3.63) is 64.2 Å². The standard InChI is InChI=1S/C17H19ClN2S/c1-11-8-9-12(2)16(10-11)20-17(21)19-13(3)14-6-4-5-7-15(14)18/h4-10,13H,1-3H3,(H2,19,20,21)/t13-/m1/s1. The Labute approximate surface area is 136 Å². The summed E-state index contributed by atoms with van der Waals surface area (Å²) in [6.45, 7) is 6.16. The smallest absolute Gasteiger partial charge is 0.171 e. The SMILES string of the molecule is Cc1ccc(C)c(NC(=S)N[C@H](C)c2ccccc2Cl)c1. The number of halogens is 1. The lowest BCUT2D eigenvalue weighted by Gasteiger charge is -2.19. The monoisotopic (exact) mass is 318 g/mol. The van der Waals surface area contributed by atoms with Gasteiger partial charge in [0, 0.05) is 10.7 Å². The molecule has 2 nitrogen and oxygen atoms in total. The first-order chi connectivity index (χ1) is 9.97. The van der Waals surface area contributed by atoms with E-state index < -0.39 is 0 Å². The maximum atomic E-state index is 6.21. The Morgan fingerprint density at radius 2 is 1.86 bits per heavy atom. The van der Waals surface area contributed by atoms with Crippen LogP contribution < -0.4 is 10.6 Å². The Kier molecular flexibility index (Phi) is 5.21. The average Bonchev–Trinajstić information content (AvgIpc) is 2.43. The minimum Gasteiger partial charge on any atom is -0.356 e. The lowest BCUT2D eigenvalue weighted by Crippen LogP contribution is -2.31. The van der Waals surface area contributed by atoms with Crippen molar-refractivity contribution in [2.45, 2.75) is 26.8 Å². The zero-order valence-corrected chi connectivity index (χ0v) is 14.0. The molecule has 0 bridgehead atoms. The minimum absolute atomic E-state index is 0.0452. The molecule has 2 aromatic rings. The number of anilines is 1. The summed E-state index contributed by atoms with van der Waals surface area (Å²) in [5, 5.41) is 7.85. The molecule has 0 radical (unpaired) electrons. The van der Waals surface area contributed by atoms with Gasteiger partial charge < -0.3 is 10.6 Å². The summed E-state index contributed by atoms with van der Waals surface area (Å²) in [7, 11) is 0. The van der Waals surface area contributed by atoms with Crippen molar-refractivity contribution in [3.63, 3.8) is 0 Å². The molecule has 0 heterocycles. The van der Waals surface area contributed by atoms with E-state index in [1.165, 1.54) is 5.56 Å². The van der Waals surface area contributed by atoms with Crippen LogP contribution in [-0.2, 0) is 0 Å². The van der Waals surface area contributed by atoms with Crippen molar-refractivity contribution in [2.75, 3.05) is 5.32 Å². The molecular formula is C17H19ClN2S. The van der Waals surface area contributed by atoms with Gasteiger partial charge in [0.05, 0.1) is 6.04 Å². The van der Waals surface area contributed by atoms with Crippen LogP contribution in [0.4, 0.5) is 5.69 Å². The lowest BCUT2D eigenvalue weighted by molar-refractivity contribution is 0.723. The van der Waals surface area contributed by atoms with Gasteiger partial charge >= 0.3 is 0 Å². The highest BCUT2D eigenvalue weighted by molar-refractivity contribution is 7.80. The minimum atomic E-state index is 0.0452. The first-order valence-electron chi connectivity index (χ1n) is 6.86. The van der Waals surface area contributed by atoms with Crippen molar-refractivity contribution < 1.29 is 0 Å². The molecule has 1 atom stereocenters. The summed E-state index contributed by atoms with van der Waals surface area (Å²) in [6, 6.07) is 14.1. The van der Waals surface area contributed by atoms with Gasteiger partial charge in [-0.1, -0.05) is 41.9 Å². The van der Waals surface area contributed by atoms with E-state index in [1.54, 1.807) is 0 Å². The van der Waals surface area contributed by atoms with Crippen LogP contribution in [-0.4, -0.2) is 5.11 Å². The third-order valence-electron chi connectivity index (χ3n) is 3.36. The zero-order valence-electron chi connectivity index (χ0n) is 12.4. The fraction of sp³-hybridized carbons (Fsp3) is 0.235. The summed E-state index contributed by atoms with van der Waals surface area (Å²) in [4.78, 5) is 0. The van der Waals surface area contributed by atoms with Crippen LogP contribution in [0.3, 0.4) is 0 Å². The molecule has 0 amide bonds. The number of rotatable bonds is 3. The van der Waals surface area contributed by atoms with Gasteiger partial charge in [-0.2, -0.15) is 0 Å². The maximum absolute atomic E-state index is 6.21. The Morgan fingerprint density at radius 1 is 1.14 bits per heavy atom. The topological polar surface area (TPSA) is 24.1 Å². The van der Waals surface area contributed by atoms with Crippen LogP contribution >= 0.6 is 23.8 Å². The molecule has 110 valence electrons. The van der Waals surface area contributed by atoms with Gasteiger partial charge in [-0.05, 0) is 61.8 Å². The fourth-order valence-corrected chi connectivity index (χ4v) is 2.72. The zero-order chi connectivity index (χ0) is 15.4. The van der Waals surface area contributed by atoms with Crippen molar-refractivity contribution in [1.29, 1.82) is 0 Å². The van der Waals surface area contributed by atoms with Crippen LogP contribution in [0, 0.1) is 13.8 Å². The molecule has 0 spiro atoms. The van der Waals surface area contributed by atoms with Crippen LogP contribution in [0.5, 0.6) is 0 Å². The number of hydrogen-bond acceptors (Lipinski definition) is 1. The lowest BCUT2D eigenvalue weighted by atomic mass is 10.1. The molecule has 0 unspecified atom stereocenters. The average molecular weight is 319 g/mol. The van der Waals surface area contributed by atoms with Gasteiger partial charge in [0.2, 0.25) is 0 Å². The molecule has 2 rings (SSSR count). The van der Waals surface area contributed by atoms with E-state index in [2.05, 4.69) is 42.7 Å². The van der Waals surface area contributed by atoms with Crippen LogP contribution in [0.2, 0.25) is 5.02 Å². The maximum Gasteiger partial charge on any atom is 0.171 e. The predicted octanol–water partition coefficient (Wildman–Crippen LogP) is 5.00. The van der Waals surface area contributed by atoms with E-state index >= 15 is 0 Å². The third kappa shape index (κ3) is 4.19. The van der Waals surface area contributed by atoms with Crippen LogP contribution in [0.15, 0.2) is 42.5 Å². The fourth-order valence-electron chi connectivity index (χ4n) is 2.13. The first kappa shape index (κ1) is 15.8. The van der Waals surface area contributed by atoms with E-state index in [0.717, 1.165) is 21.8 Å². The summed E-state index contributed by atoms with van der Waals surface area (Å²) < 4.78 is 0. The van der Waals surface area contributed by atoms with E-state index in [0.29, 0.717) is 5.11 Å². The van der Waals surface area contributed by atoms with E-state index in [4.69, 9.17) is 23.8 Å². The van der Waals surface area contributed by atoms with Crippen LogP contribution in [0.1, 0.15) is 29.7 Å². The predicted molar refractivity (Wildman–Crippen MR) is 95.1 cm³/mol. The molecule has 21 heavy (non-hydrogen) atoms. The molecule has 0 saturated carbocycles. The van der Waals surface area contributed by atoms with Crippen molar-refractivity contribution >= 4 is 34.6 Å². The molecule has 0 aromatic heterocycles. The quantitative estimate of drug-likeness (QED) is 0.778. The van der Waals surface area contributed by atoms with Gasteiger partial charge in [-0.25, -0.2) is 0 Å². The number of nitrogens with one attached hydrogen (secondary N) is 2. The Hall–Kier alpha value is -1.58. The molecule has 2 N–H and O–H groups in total. The Morgan fingerprint density at radius 3 is 2.57 bits per heavy atom. The summed E-state index contributed by atoms with van der Waals surface area (Å²) >= 11 is 11.6. The highest BCUT2D eigenvalue weighted by Gasteiger charge is 2.10. The van der Waals surface area contributed by atoms with E-state index in [9.17, 15) is 0 Å². The second kappa shape index (κ2) is 6.92. The highest BCUT2D eigenvalue weighted by atomic mass is 35.5. The molecule has 2 aromatic carbocycles. The van der Waals surface area contributed by atoms with Crippen molar-refractivity contribution in [1.82, 2.24) is 5.32 Å².